The number of hydrogen-bond acceptors (Lipinski definition) is 9. The minimum atomic E-state index is 0. The van der Waals surface area contributed by atoms with Crippen molar-refractivity contribution in [1.29, 1.82) is 0 Å². The largest absolute Gasteiger partial charge is 0.495 e. The van der Waals surface area contributed by atoms with Crippen LogP contribution < -0.4 is 27.2 Å². The Labute approximate surface area is 437 Å². The summed E-state index contributed by atoms with van der Waals surface area (Å²) in [5.41, 5.74) is 8.75. The third kappa shape index (κ3) is 13.8. The van der Waals surface area contributed by atoms with Crippen LogP contribution in [0.5, 0.6) is 5.75 Å². The van der Waals surface area contributed by atoms with Crippen LogP contribution >= 0.6 is 34.6 Å². The van der Waals surface area contributed by atoms with Gasteiger partial charge in [-0.15, -0.1) is 7.91 Å². The van der Waals surface area contributed by atoms with E-state index in [1.807, 2.05) is 152 Å². The van der Waals surface area contributed by atoms with E-state index < -0.39 is 0 Å². The van der Waals surface area contributed by atoms with Crippen LogP contribution in [0.2, 0.25) is 0 Å². The lowest BCUT2D eigenvalue weighted by Gasteiger charge is -2.05. The third-order valence-corrected chi connectivity index (χ3v) is 13.3. The van der Waals surface area contributed by atoms with Gasteiger partial charge in [-0.3, -0.25) is 0 Å². The molecule has 72 heavy (non-hydrogen) atoms. The van der Waals surface area contributed by atoms with Crippen molar-refractivity contribution < 1.29 is 16.6 Å². The van der Waals surface area contributed by atoms with Crippen molar-refractivity contribution in [3.05, 3.63) is 247 Å². The first kappa shape index (κ1) is 53.2. The second-order valence-corrected chi connectivity index (χ2v) is 18.5. The topological polar surface area (TPSA) is 83.6 Å². The Bertz CT molecular complexity index is 3170. The van der Waals surface area contributed by atoms with E-state index in [0.717, 1.165) is 78.8 Å². The Hall–Kier alpha value is -8.16. The predicted octanol–water partition coefficient (Wildman–Crippen LogP) is 14.8. The average molecular weight is 1010 g/mol. The smallest absolute Gasteiger partial charge is 0.350 e. The van der Waals surface area contributed by atoms with Crippen LogP contribution in [0.3, 0.4) is 0 Å². The summed E-state index contributed by atoms with van der Waals surface area (Å²) >= 11 is 4.87. The van der Waals surface area contributed by atoms with Crippen LogP contribution in [0.25, 0.3) is 45.5 Å². The SMILES string of the molecule is C.C.C.COc1ccccc1Nc1nc(-c2ccccc2)[n+](-c2ccccc2)s1.C[n+]1sc(Cc2ccccc2)nc1-c1ccccc1.c1ccc(Nc2nc(-c3ccccc3)[n+](-c3ccccc3)s2)cc1. The lowest BCUT2D eigenvalue weighted by atomic mass is 10.2. The van der Waals surface area contributed by atoms with Gasteiger partial charge in [-0.1, -0.05) is 174 Å². The molecule has 0 amide bonds. The zero-order valence-corrected chi connectivity index (χ0v) is 40.5. The molecule has 0 saturated heterocycles. The Kier molecular flexibility index (Phi) is 19.7. The van der Waals surface area contributed by atoms with Crippen molar-refractivity contribution in [1.82, 2.24) is 15.0 Å². The maximum absolute atomic E-state index is 5.43. The van der Waals surface area contributed by atoms with E-state index in [1.54, 1.807) is 41.7 Å². The van der Waals surface area contributed by atoms with Crippen molar-refractivity contribution in [2.24, 2.45) is 7.05 Å². The quantitative estimate of drug-likeness (QED) is 0.119. The minimum absolute atomic E-state index is 0. The number of hydrogen-bond donors (Lipinski definition) is 2. The van der Waals surface area contributed by atoms with Crippen molar-refractivity contribution >= 4 is 56.2 Å². The third-order valence-electron chi connectivity index (χ3n) is 10.6. The van der Waals surface area contributed by atoms with E-state index in [1.165, 1.54) is 11.1 Å². The summed E-state index contributed by atoms with van der Waals surface area (Å²) < 4.78 is 11.8. The highest BCUT2D eigenvalue weighted by Crippen LogP contribution is 2.30. The van der Waals surface area contributed by atoms with Gasteiger partial charge in [0.25, 0.3) is 0 Å². The molecule has 8 aromatic carbocycles. The number of nitrogens with zero attached hydrogens (tertiary/aromatic N) is 6. The van der Waals surface area contributed by atoms with Gasteiger partial charge in [0.1, 0.15) is 40.2 Å². The molecule has 11 rings (SSSR count). The number of para-hydroxylation sites is 5. The van der Waals surface area contributed by atoms with Gasteiger partial charge in [0, 0.05) is 5.69 Å². The normalized spacial score (nSPS) is 10.1. The molecule has 0 bridgehead atoms. The lowest BCUT2D eigenvalue weighted by Crippen LogP contribution is -2.27. The van der Waals surface area contributed by atoms with E-state index in [0.29, 0.717) is 0 Å². The zero-order chi connectivity index (χ0) is 47.0. The molecule has 12 heteroatoms. The van der Waals surface area contributed by atoms with Crippen molar-refractivity contribution in [2.75, 3.05) is 17.7 Å². The predicted molar refractivity (Wildman–Crippen MR) is 302 cm³/mol. The van der Waals surface area contributed by atoms with Gasteiger partial charge in [0.2, 0.25) is 5.01 Å². The van der Waals surface area contributed by atoms with Gasteiger partial charge < -0.3 is 15.4 Å². The van der Waals surface area contributed by atoms with Crippen LogP contribution in [0.4, 0.5) is 21.6 Å². The molecule has 0 radical (unpaired) electrons. The van der Waals surface area contributed by atoms with Gasteiger partial charge in [-0.05, 0) is 105 Å². The Morgan fingerprint density at radius 1 is 0.417 bits per heavy atom. The van der Waals surface area contributed by atoms with Gasteiger partial charge in [0.15, 0.2) is 0 Å². The molecule has 0 aliphatic carbocycles. The molecule has 0 fully saturated rings. The summed E-state index contributed by atoms with van der Waals surface area (Å²) in [7, 11) is 3.73. The molecular formula is C60H61N8OS3+3. The van der Waals surface area contributed by atoms with Crippen LogP contribution in [0, 0.1) is 0 Å². The molecule has 2 N–H and O–H groups in total. The average Bonchev–Trinajstić information content (AvgIpc) is 4.15. The molecule has 0 aliphatic heterocycles. The van der Waals surface area contributed by atoms with Crippen LogP contribution in [0.1, 0.15) is 32.9 Å². The lowest BCUT2D eigenvalue weighted by molar-refractivity contribution is -0.591. The molecule has 0 aliphatic rings. The summed E-state index contributed by atoms with van der Waals surface area (Å²) in [6, 6.07) is 79.7. The Balaban J connectivity index is 0.000000175. The fourth-order valence-corrected chi connectivity index (χ4v) is 10.0. The van der Waals surface area contributed by atoms with Gasteiger partial charge >= 0.3 is 27.7 Å². The van der Waals surface area contributed by atoms with Gasteiger partial charge in [0.05, 0.1) is 54.5 Å². The summed E-state index contributed by atoms with van der Waals surface area (Å²) in [6.07, 6.45) is 0.895. The number of anilines is 4. The van der Waals surface area contributed by atoms with Crippen LogP contribution in [-0.2, 0) is 13.5 Å². The highest BCUT2D eigenvalue weighted by molar-refractivity contribution is 7.06. The number of aromatic nitrogens is 6. The van der Waals surface area contributed by atoms with E-state index in [-0.39, 0.29) is 22.3 Å². The van der Waals surface area contributed by atoms with Crippen molar-refractivity contribution in [3.63, 3.8) is 0 Å². The fraction of sp³-hybridized carbons (Fsp3) is 0.100. The van der Waals surface area contributed by atoms with E-state index in [4.69, 9.17) is 19.7 Å². The first-order chi connectivity index (χ1) is 34.1. The summed E-state index contributed by atoms with van der Waals surface area (Å²) in [5.74, 6) is 3.66. The molecule has 0 unspecified atom stereocenters. The molecule has 11 aromatic rings. The molecule has 3 heterocycles. The highest BCUT2D eigenvalue weighted by Gasteiger charge is 2.26. The van der Waals surface area contributed by atoms with E-state index in [2.05, 4.69) is 114 Å². The standard InChI is InChI=1S/C21H17N3OS.C20H15N3S.C16H15N2S.3CH4/c1-25-19-15-9-8-14-18(19)22-21-23-20(16-10-4-2-5-11-16)24(26-21)17-12-6-3-7-13-17;1-4-10-16(11-5-1)19-22-20(21-17-12-6-2-7-13-17)24-23(19)18-14-8-3-9-15-18;1-18-16(14-10-6-3-7-11-14)17-15(19-18)12-13-8-4-2-5-9-13;;;/h2-15H,1H3;1-15H;2-11H,12H2,1H3;3*1H4/q;;+1;;;/p+2. The zero-order valence-electron chi connectivity index (χ0n) is 38.0. The molecule has 3 aromatic heterocycles. The molecule has 9 nitrogen and oxygen atoms in total. The summed E-state index contributed by atoms with van der Waals surface area (Å²) in [6.45, 7) is 0. The number of nitrogens with one attached hydrogen (secondary N) is 2. The fourth-order valence-electron chi connectivity index (χ4n) is 7.29. The number of ether oxygens (including phenoxy) is 1. The molecular weight excluding hydrogens is 945 g/mol. The summed E-state index contributed by atoms with van der Waals surface area (Å²) in [5, 5.41) is 9.59. The van der Waals surface area contributed by atoms with Crippen LogP contribution in [-0.4, -0.2) is 22.1 Å². The number of rotatable bonds is 12. The molecule has 0 spiro atoms. The van der Waals surface area contributed by atoms with Crippen molar-refractivity contribution in [2.45, 2.75) is 28.7 Å². The maximum Gasteiger partial charge on any atom is 0.350 e. The number of methoxy groups -OCH3 is 1. The van der Waals surface area contributed by atoms with Gasteiger partial charge in [-0.25, -0.2) is 0 Å². The number of benzene rings is 8. The second kappa shape index (κ2) is 26.7. The Morgan fingerprint density at radius 3 is 1.28 bits per heavy atom. The maximum atomic E-state index is 5.43. The monoisotopic (exact) mass is 1010 g/mol. The van der Waals surface area contributed by atoms with E-state index in [9.17, 15) is 0 Å². The minimum Gasteiger partial charge on any atom is -0.495 e. The first-order valence-electron chi connectivity index (χ1n) is 22.3. The highest BCUT2D eigenvalue weighted by atomic mass is 32.1. The van der Waals surface area contributed by atoms with Gasteiger partial charge in [-0.2, -0.15) is 3.96 Å². The molecule has 0 saturated carbocycles. The van der Waals surface area contributed by atoms with Crippen LogP contribution in [0.15, 0.2) is 237 Å². The second-order valence-electron chi connectivity index (χ2n) is 15.4. The first-order valence-corrected chi connectivity index (χ1v) is 24.7. The Morgan fingerprint density at radius 2 is 0.806 bits per heavy atom. The molecule has 0 atom stereocenters. The summed E-state index contributed by atoms with van der Waals surface area (Å²) in [4.78, 5) is 14.4. The number of aryl methyl sites for hydroxylation is 1. The molecule has 362 valence electrons. The van der Waals surface area contributed by atoms with Crippen molar-refractivity contribution in [3.8, 4) is 51.3 Å². The van der Waals surface area contributed by atoms with E-state index >= 15 is 0 Å².